The van der Waals surface area contributed by atoms with Crippen molar-refractivity contribution in [3.05, 3.63) is 48.2 Å². The predicted molar refractivity (Wildman–Crippen MR) is 60.0 cm³/mol. The van der Waals surface area contributed by atoms with Crippen LogP contribution in [0.25, 0.3) is 0 Å². The van der Waals surface area contributed by atoms with E-state index in [-0.39, 0.29) is 12.2 Å². The highest BCUT2D eigenvalue weighted by Crippen LogP contribution is 2.30. The zero-order valence-electron chi connectivity index (χ0n) is 9.23. The molecule has 0 saturated carbocycles. The van der Waals surface area contributed by atoms with Crippen LogP contribution >= 0.6 is 0 Å². The van der Waals surface area contributed by atoms with E-state index in [2.05, 4.69) is 0 Å². The summed E-state index contributed by atoms with van der Waals surface area (Å²) in [6.07, 6.45) is 1.44. The number of benzene rings is 1. The van der Waals surface area contributed by atoms with Crippen molar-refractivity contribution in [3.8, 4) is 0 Å². The molecule has 3 rings (SSSR count). The summed E-state index contributed by atoms with van der Waals surface area (Å²) in [5, 5.41) is 9.82. The zero-order valence-corrected chi connectivity index (χ0v) is 9.23. The first-order chi connectivity index (χ1) is 8.34. The molecule has 4 atom stereocenters. The van der Waals surface area contributed by atoms with Crippen LogP contribution in [0.3, 0.4) is 0 Å². The molecule has 2 heterocycles. The summed E-state index contributed by atoms with van der Waals surface area (Å²) in [7, 11) is 0. The molecule has 1 N–H and O–H groups in total. The number of hydrogen-bond acceptors (Lipinski definition) is 4. The quantitative estimate of drug-likeness (QED) is 0.797. The Kier molecular flexibility index (Phi) is 2.84. The van der Waals surface area contributed by atoms with E-state index < -0.39 is 12.4 Å². The largest absolute Gasteiger partial charge is 0.493 e. The molecule has 0 unspecified atom stereocenters. The Balaban J connectivity index is 1.77. The molecule has 4 heteroatoms. The Hall–Kier alpha value is -1.36. The summed E-state index contributed by atoms with van der Waals surface area (Å²) < 4.78 is 16.7. The zero-order chi connectivity index (χ0) is 11.7. The van der Waals surface area contributed by atoms with E-state index in [0.29, 0.717) is 6.61 Å². The third-order valence-corrected chi connectivity index (χ3v) is 3.00. The van der Waals surface area contributed by atoms with Gasteiger partial charge >= 0.3 is 0 Å². The number of ether oxygens (including phenoxy) is 3. The molecule has 17 heavy (non-hydrogen) atoms. The average Bonchev–Trinajstić information content (AvgIpc) is 2.40. The molecule has 0 aliphatic carbocycles. The van der Waals surface area contributed by atoms with E-state index >= 15 is 0 Å². The molecule has 0 aromatic heterocycles. The third-order valence-electron chi connectivity index (χ3n) is 3.00. The maximum Gasteiger partial charge on any atom is 0.184 e. The van der Waals surface area contributed by atoms with Crippen molar-refractivity contribution in [2.24, 2.45) is 0 Å². The van der Waals surface area contributed by atoms with E-state index in [1.165, 1.54) is 6.26 Å². The van der Waals surface area contributed by atoms with Gasteiger partial charge in [-0.05, 0) is 6.08 Å². The smallest absolute Gasteiger partial charge is 0.184 e. The molecule has 1 saturated heterocycles. The topological polar surface area (TPSA) is 47.9 Å². The van der Waals surface area contributed by atoms with Gasteiger partial charge in [0.05, 0.1) is 12.9 Å². The highest BCUT2D eigenvalue weighted by Gasteiger charge is 2.39. The lowest BCUT2D eigenvalue weighted by atomic mass is 10.0. The number of rotatable bonds is 1. The Bertz CT molecular complexity index is 403. The van der Waals surface area contributed by atoms with E-state index in [0.717, 1.165) is 5.56 Å². The van der Waals surface area contributed by atoms with Crippen molar-refractivity contribution in [2.45, 2.75) is 24.6 Å². The van der Waals surface area contributed by atoms with Crippen LogP contribution in [0.1, 0.15) is 11.9 Å². The van der Waals surface area contributed by atoms with Gasteiger partial charge < -0.3 is 19.3 Å². The Morgan fingerprint density at radius 2 is 2.00 bits per heavy atom. The van der Waals surface area contributed by atoms with Crippen molar-refractivity contribution in [1.29, 1.82) is 0 Å². The van der Waals surface area contributed by atoms with E-state index in [9.17, 15) is 5.11 Å². The fourth-order valence-corrected chi connectivity index (χ4v) is 2.09. The molecule has 90 valence electrons. The molecular formula is C13H14O4. The van der Waals surface area contributed by atoms with Crippen LogP contribution in [0, 0.1) is 0 Å². The standard InChI is InChI=1S/C13H14O4/c14-10-6-7-15-11-8-16-13(17-12(10)11)9-4-2-1-3-5-9/h1-7,10-14H,8H2/t10-,11+,12+,13-/m1/s1. The van der Waals surface area contributed by atoms with Crippen LogP contribution in [0.5, 0.6) is 0 Å². The lowest BCUT2D eigenvalue weighted by molar-refractivity contribution is -0.276. The molecule has 1 aromatic carbocycles. The first-order valence-corrected chi connectivity index (χ1v) is 5.67. The van der Waals surface area contributed by atoms with Crippen LogP contribution in [0.2, 0.25) is 0 Å². The minimum atomic E-state index is -0.635. The molecule has 0 amide bonds. The monoisotopic (exact) mass is 234 g/mol. The molecule has 2 aliphatic rings. The Morgan fingerprint density at radius 1 is 1.18 bits per heavy atom. The average molecular weight is 234 g/mol. The van der Waals surface area contributed by atoms with Gasteiger partial charge in [-0.1, -0.05) is 30.3 Å². The van der Waals surface area contributed by atoms with Gasteiger partial charge in [-0.3, -0.25) is 0 Å². The van der Waals surface area contributed by atoms with Gasteiger partial charge in [0.15, 0.2) is 12.4 Å². The minimum absolute atomic E-state index is 0.227. The van der Waals surface area contributed by atoms with E-state index in [1.807, 2.05) is 30.3 Å². The van der Waals surface area contributed by atoms with Crippen LogP contribution in [-0.2, 0) is 14.2 Å². The minimum Gasteiger partial charge on any atom is -0.493 e. The fraction of sp³-hybridized carbons (Fsp3) is 0.385. The van der Waals surface area contributed by atoms with Gasteiger partial charge in [-0.25, -0.2) is 0 Å². The van der Waals surface area contributed by atoms with Crippen molar-refractivity contribution >= 4 is 0 Å². The molecular weight excluding hydrogens is 220 g/mol. The molecule has 4 nitrogen and oxygen atoms in total. The summed E-state index contributed by atoms with van der Waals surface area (Å²) in [6.45, 7) is 0.422. The fourth-order valence-electron chi connectivity index (χ4n) is 2.09. The number of fused-ring (bicyclic) bond motifs is 1. The second-order valence-corrected chi connectivity index (χ2v) is 4.17. The second-order valence-electron chi connectivity index (χ2n) is 4.17. The first-order valence-electron chi connectivity index (χ1n) is 5.67. The molecule has 0 radical (unpaired) electrons. The second kappa shape index (κ2) is 4.49. The van der Waals surface area contributed by atoms with Gasteiger partial charge in [0.1, 0.15) is 12.2 Å². The highest BCUT2D eigenvalue weighted by atomic mass is 16.7. The summed E-state index contributed by atoms with van der Waals surface area (Å²) in [5.74, 6) is 0. The molecule has 1 fully saturated rings. The maximum atomic E-state index is 9.82. The molecule has 2 aliphatic heterocycles. The summed E-state index contributed by atoms with van der Waals surface area (Å²) in [4.78, 5) is 0. The Morgan fingerprint density at radius 3 is 2.82 bits per heavy atom. The maximum absolute atomic E-state index is 9.82. The van der Waals surface area contributed by atoms with Crippen molar-refractivity contribution in [1.82, 2.24) is 0 Å². The van der Waals surface area contributed by atoms with Crippen molar-refractivity contribution in [3.63, 3.8) is 0 Å². The van der Waals surface area contributed by atoms with Gasteiger partial charge in [-0.2, -0.15) is 0 Å². The van der Waals surface area contributed by atoms with Gasteiger partial charge in [0.2, 0.25) is 0 Å². The molecule has 1 aromatic rings. The first kappa shape index (κ1) is 10.8. The molecule has 0 spiro atoms. The molecule has 0 bridgehead atoms. The van der Waals surface area contributed by atoms with Crippen molar-refractivity contribution in [2.75, 3.05) is 6.61 Å². The van der Waals surface area contributed by atoms with Gasteiger partial charge in [0, 0.05) is 5.56 Å². The SMILES string of the molecule is O[C@@H]1C=CO[C@H]2CO[C@@H](c3ccccc3)O[C@@H]12. The number of aliphatic hydroxyl groups excluding tert-OH is 1. The third kappa shape index (κ3) is 2.07. The summed E-state index contributed by atoms with van der Waals surface area (Å²) in [5.41, 5.74) is 0.952. The van der Waals surface area contributed by atoms with Crippen LogP contribution < -0.4 is 0 Å². The van der Waals surface area contributed by atoms with Crippen molar-refractivity contribution < 1.29 is 19.3 Å². The Labute approximate surface area is 99.4 Å². The van der Waals surface area contributed by atoms with Crippen LogP contribution in [0.15, 0.2) is 42.7 Å². The van der Waals surface area contributed by atoms with Gasteiger partial charge in [-0.15, -0.1) is 0 Å². The van der Waals surface area contributed by atoms with Gasteiger partial charge in [0.25, 0.3) is 0 Å². The summed E-state index contributed by atoms with van der Waals surface area (Å²) in [6, 6.07) is 9.69. The summed E-state index contributed by atoms with van der Waals surface area (Å²) >= 11 is 0. The predicted octanol–water partition coefficient (Wildman–Crippen LogP) is 1.37. The number of aliphatic hydroxyl groups is 1. The lowest BCUT2D eigenvalue weighted by Gasteiger charge is -2.39. The van der Waals surface area contributed by atoms with Crippen LogP contribution in [-0.4, -0.2) is 30.0 Å². The number of hydrogen-bond donors (Lipinski definition) is 1. The lowest BCUT2D eigenvalue weighted by Crippen LogP contribution is -2.49. The van der Waals surface area contributed by atoms with E-state index in [1.54, 1.807) is 6.08 Å². The normalized spacial score (nSPS) is 36.1. The highest BCUT2D eigenvalue weighted by molar-refractivity contribution is 5.16. The van der Waals surface area contributed by atoms with Crippen LogP contribution in [0.4, 0.5) is 0 Å². The van der Waals surface area contributed by atoms with E-state index in [4.69, 9.17) is 14.2 Å².